The van der Waals surface area contributed by atoms with Gasteiger partial charge in [0.25, 0.3) is 0 Å². The average molecular weight is 210 g/mol. The zero-order chi connectivity index (χ0) is 11.3. The molecule has 1 aromatic rings. The molecule has 0 bridgehead atoms. The highest BCUT2D eigenvalue weighted by atomic mass is 16.1. The first-order valence-electron chi connectivity index (χ1n) is 5.21. The van der Waals surface area contributed by atoms with Crippen molar-refractivity contribution in [3.05, 3.63) is 22.2 Å². The summed E-state index contributed by atoms with van der Waals surface area (Å²) in [5.74, 6) is 0.744. The minimum Gasteiger partial charge on any atom is -0.357 e. The van der Waals surface area contributed by atoms with Gasteiger partial charge in [0.15, 0.2) is 0 Å². The Labute approximate surface area is 89.5 Å². The van der Waals surface area contributed by atoms with E-state index in [1.165, 1.54) is 0 Å². The maximum atomic E-state index is 11.3. The second-order valence-electron chi connectivity index (χ2n) is 3.27. The summed E-state index contributed by atoms with van der Waals surface area (Å²) in [5, 5.41) is 3.00. The molecule has 0 aromatic carbocycles. The Morgan fingerprint density at radius 2 is 2.13 bits per heavy atom. The summed E-state index contributed by atoms with van der Waals surface area (Å²) in [6, 6.07) is 1.91. The number of rotatable bonds is 5. The van der Waals surface area contributed by atoms with Gasteiger partial charge in [0, 0.05) is 31.4 Å². The smallest absolute Gasteiger partial charge is 0.347 e. The lowest BCUT2D eigenvalue weighted by Crippen LogP contribution is -2.27. The third-order valence-electron chi connectivity index (χ3n) is 2.24. The van der Waals surface area contributed by atoms with Gasteiger partial charge in [-0.25, -0.2) is 4.79 Å². The maximum absolute atomic E-state index is 11.3. The van der Waals surface area contributed by atoms with Crippen LogP contribution in [0, 0.1) is 0 Å². The Morgan fingerprint density at radius 1 is 1.47 bits per heavy atom. The summed E-state index contributed by atoms with van der Waals surface area (Å²) in [6.07, 6.45) is 0. The summed E-state index contributed by atoms with van der Waals surface area (Å²) >= 11 is 0. The molecule has 0 unspecified atom stereocenters. The third kappa shape index (κ3) is 3.06. The molecule has 2 N–H and O–H groups in total. The number of hydrogen-bond donors (Lipinski definition) is 2. The summed E-state index contributed by atoms with van der Waals surface area (Å²) in [5.41, 5.74) is 0.573. The number of aromatic amines is 1. The highest BCUT2D eigenvalue weighted by Gasteiger charge is 2.05. The Balaban J connectivity index is 3.02. The van der Waals surface area contributed by atoms with E-state index < -0.39 is 0 Å². The van der Waals surface area contributed by atoms with Gasteiger partial charge in [-0.1, -0.05) is 0 Å². The zero-order valence-electron chi connectivity index (χ0n) is 9.50. The molecule has 1 rings (SSSR count). The predicted octanol–water partition coefficient (Wildman–Crippen LogP) is 0.335. The van der Waals surface area contributed by atoms with Gasteiger partial charge >= 0.3 is 5.69 Å². The fraction of sp³-hybridized carbons (Fsp3) is 0.600. The number of hydrogen-bond acceptors (Lipinski definition) is 4. The number of nitrogens with zero attached hydrogens (tertiary/aromatic N) is 2. The predicted molar refractivity (Wildman–Crippen MR) is 61.2 cm³/mol. The first-order chi connectivity index (χ1) is 7.21. The van der Waals surface area contributed by atoms with E-state index in [1.54, 1.807) is 0 Å². The number of H-pyrrole nitrogens is 1. The lowest BCUT2D eigenvalue weighted by molar-refractivity contribution is 0.767. The van der Waals surface area contributed by atoms with Crippen molar-refractivity contribution in [3.8, 4) is 0 Å². The van der Waals surface area contributed by atoms with Gasteiger partial charge < -0.3 is 15.2 Å². The lowest BCUT2D eigenvalue weighted by Gasteiger charge is -2.19. The largest absolute Gasteiger partial charge is 0.357 e. The van der Waals surface area contributed by atoms with E-state index in [0.29, 0.717) is 6.54 Å². The van der Waals surface area contributed by atoms with Crippen molar-refractivity contribution in [3.63, 3.8) is 0 Å². The highest BCUT2D eigenvalue weighted by molar-refractivity contribution is 5.38. The van der Waals surface area contributed by atoms with Crippen LogP contribution in [0.1, 0.15) is 19.5 Å². The summed E-state index contributed by atoms with van der Waals surface area (Å²) in [7, 11) is 1.84. The van der Waals surface area contributed by atoms with Gasteiger partial charge in [-0.2, -0.15) is 4.98 Å². The SMILES string of the molecule is CCN(CC)c1cc(CNC)[nH]c(=O)n1. The van der Waals surface area contributed by atoms with Gasteiger partial charge in [-0.05, 0) is 20.9 Å². The van der Waals surface area contributed by atoms with Crippen molar-refractivity contribution in [1.82, 2.24) is 15.3 Å². The Bertz CT molecular complexity index is 357. The minimum atomic E-state index is -0.287. The van der Waals surface area contributed by atoms with Crippen LogP contribution in [0.4, 0.5) is 5.82 Å². The first-order valence-corrected chi connectivity index (χ1v) is 5.21. The zero-order valence-corrected chi connectivity index (χ0v) is 9.50. The van der Waals surface area contributed by atoms with E-state index in [0.717, 1.165) is 24.6 Å². The molecule has 0 aliphatic carbocycles. The normalized spacial score (nSPS) is 10.3. The maximum Gasteiger partial charge on any atom is 0.347 e. The van der Waals surface area contributed by atoms with Gasteiger partial charge in [0.1, 0.15) is 5.82 Å². The van der Waals surface area contributed by atoms with Crippen LogP contribution in [0.5, 0.6) is 0 Å². The van der Waals surface area contributed by atoms with Crippen molar-refractivity contribution < 1.29 is 0 Å². The molecule has 0 aliphatic rings. The molecule has 15 heavy (non-hydrogen) atoms. The van der Waals surface area contributed by atoms with Gasteiger partial charge in [0.2, 0.25) is 0 Å². The first kappa shape index (κ1) is 11.7. The molecule has 0 aliphatic heterocycles. The molecule has 0 saturated carbocycles. The van der Waals surface area contributed by atoms with Gasteiger partial charge in [-0.3, -0.25) is 0 Å². The topological polar surface area (TPSA) is 61.0 Å². The van der Waals surface area contributed by atoms with E-state index in [9.17, 15) is 4.79 Å². The Hall–Kier alpha value is -1.36. The summed E-state index contributed by atoms with van der Waals surface area (Å²) in [6.45, 7) is 6.44. The molecular formula is C10H18N4O. The molecule has 0 spiro atoms. The summed E-state index contributed by atoms with van der Waals surface area (Å²) in [4.78, 5) is 20.0. The summed E-state index contributed by atoms with van der Waals surface area (Å²) < 4.78 is 0. The van der Waals surface area contributed by atoms with E-state index in [-0.39, 0.29) is 5.69 Å². The molecule has 0 fully saturated rings. The van der Waals surface area contributed by atoms with Crippen molar-refractivity contribution >= 4 is 5.82 Å². The Kier molecular flexibility index (Phi) is 4.30. The van der Waals surface area contributed by atoms with Crippen molar-refractivity contribution in [2.75, 3.05) is 25.0 Å². The Morgan fingerprint density at radius 3 is 2.67 bits per heavy atom. The van der Waals surface area contributed by atoms with Gasteiger partial charge in [-0.15, -0.1) is 0 Å². The van der Waals surface area contributed by atoms with Crippen LogP contribution in [0.15, 0.2) is 10.9 Å². The molecule has 0 saturated heterocycles. The van der Waals surface area contributed by atoms with Crippen molar-refractivity contribution in [2.45, 2.75) is 20.4 Å². The van der Waals surface area contributed by atoms with Crippen LogP contribution in [0.2, 0.25) is 0 Å². The molecule has 0 amide bonds. The quantitative estimate of drug-likeness (QED) is 0.735. The monoisotopic (exact) mass is 210 g/mol. The van der Waals surface area contributed by atoms with E-state index in [1.807, 2.05) is 27.0 Å². The molecule has 0 atom stereocenters. The van der Waals surface area contributed by atoms with Crippen molar-refractivity contribution in [1.29, 1.82) is 0 Å². The molecule has 5 nitrogen and oxygen atoms in total. The number of nitrogens with one attached hydrogen (secondary N) is 2. The van der Waals surface area contributed by atoms with E-state index >= 15 is 0 Å². The molecule has 1 aromatic heterocycles. The van der Waals surface area contributed by atoms with E-state index in [2.05, 4.69) is 20.2 Å². The van der Waals surface area contributed by atoms with Crippen LogP contribution in [-0.4, -0.2) is 30.1 Å². The van der Waals surface area contributed by atoms with Crippen LogP contribution < -0.4 is 15.9 Å². The number of aromatic nitrogens is 2. The third-order valence-corrected chi connectivity index (χ3v) is 2.24. The second-order valence-corrected chi connectivity index (χ2v) is 3.27. The van der Waals surface area contributed by atoms with Crippen LogP contribution in [0.25, 0.3) is 0 Å². The molecule has 0 radical (unpaired) electrons. The minimum absolute atomic E-state index is 0.287. The van der Waals surface area contributed by atoms with Crippen LogP contribution in [0.3, 0.4) is 0 Å². The second kappa shape index (κ2) is 5.50. The number of anilines is 1. The standard InChI is InChI=1S/C10H18N4O/c1-4-14(5-2)9-6-8(7-11-3)12-10(15)13-9/h6,11H,4-5,7H2,1-3H3,(H,12,13,15). The molecular weight excluding hydrogens is 192 g/mol. The van der Waals surface area contributed by atoms with Crippen LogP contribution in [-0.2, 0) is 6.54 Å². The fourth-order valence-electron chi connectivity index (χ4n) is 1.49. The highest BCUT2D eigenvalue weighted by Crippen LogP contribution is 2.08. The van der Waals surface area contributed by atoms with Crippen molar-refractivity contribution in [2.24, 2.45) is 0 Å². The lowest BCUT2D eigenvalue weighted by atomic mass is 10.3. The van der Waals surface area contributed by atoms with Crippen LogP contribution >= 0.6 is 0 Å². The van der Waals surface area contributed by atoms with Gasteiger partial charge in [0.05, 0.1) is 0 Å². The molecule has 5 heteroatoms. The van der Waals surface area contributed by atoms with E-state index in [4.69, 9.17) is 0 Å². The molecule has 1 heterocycles. The average Bonchev–Trinajstić information content (AvgIpc) is 2.19. The fourth-order valence-corrected chi connectivity index (χ4v) is 1.49. The molecule has 84 valence electrons.